The van der Waals surface area contributed by atoms with E-state index in [2.05, 4.69) is 5.32 Å². The lowest BCUT2D eigenvalue weighted by Gasteiger charge is -2.09. The summed E-state index contributed by atoms with van der Waals surface area (Å²) in [5, 5.41) is 14.0. The lowest BCUT2D eigenvalue weighted by molar-refractivity contribution is -0.385. The van der Waals surface area contributed by atoms with Crippen LogP contribution in [-0.4, -0.2) is 17.4 Å². The van der Waals surface area contributed by atoms with Gasteiger partial charge >= 0.3 is 5.69 Å². The van der Waals surface area contributed by atoms with E-state index in [9.17, 15) is 14.9 Å². The van der Waals surface area contributed by atoms with Gasteiger partial charge < -0.3 is 15.8 Å². The molecular weight excluding hydrogens is 357 g/mol. The second-order valence-corrected chi connectivity index (χ2v) is 5.49. The summed E-state index contributed by atoms with van der Waals surface area (Å²) in [6.45, 7) is 1.98. The number of nitrogens with one attached hydrogen (secondary N) is 1. The van der Waals surface area contributed by atoms with Crippen molar-refractivity contribution >= 4 is 46.2 Å². The Hall–Kier alpha value is -2.51. The fourth-order valence-corrected chi connectivity index (χ4v) is 2.43. The molecule has 2 rings (SSSR count). The monoisotopic (exact) mass is 369 g/mol. The number of carbonyl (C=O) groups excluding carboxylic acids is 1. The third kappa shape index (κ3) is 3.87. The Morgan fingerprint density at radius 3 is 2.46 bits per heavy atom. The van der Waals surface area contributed by atoms with Crippen molar-refractivity contribution in [2.75, 3.05) is 17.7 Å². The summed E-state index contributed by atoms with van der Waals surface area (Å²) in [5.41, 5.74) is 5.95. The third-order valence-electron chi connectivity index (χ3n) is 3.05. The second-order valence-electron chi connectivity index (χ2n) is 4.68. The van der Waals surface area contributed by atoms with Gasteiger partial charge in [-0.15, -0.1) is 0 Å². The number of benzene rings is 2. The Labute approximate surface area is 147 Å². The van der Waals surface area contributed by atoms with Crippen LogP contribution in [0.5, 0.6) is 5.75 Å². The van der Waals surface area contributed by atoms with Crippen LogP contribution in [0.15, 0.2) is 30.3 Å². The molecule has 0 aliphatic carbocycles. The van der Waals surface area contributed by atoms with E-state index in [-0.39, 0.29) is 39.3 Å². The van der Waals surface area contributed by atoms with Crippen LogP contribution in [0.4, 0.5) is 17.1 Å². The molecule has 1 amide bonds. The second kappa shape index (κ2) is 7.37. The van der Waals surface area contributed by atoms with Crippen molar-refractivity contribution in [1.82, 2.24) is 0 Å². The van der Waals surface area contributed by atoms with Crippen molar-refractivity contribution in [1.29, 1.82) is 0 Å². The molecule has 2 aromatic carbocycles. The molecule has 0 heterocycles. The predicted octanol–water partition coefficient (Wildman–Crippen LogP) is 4.13. The third-order valence-corrected chi connectivity index (χ3v) is 3.68. The molecule has 0 aliphatic rings. The normalized spacial score (nSPS) is 10.3. The largest absolute Gasteiger partial charge is 0.487 e. The van der Waals surface area contributed by atoms with Gasteiger partial charge in [0.15, 0.2) is 5.75 Å². The zero-order valence-electron chi connectivity index (χ0n) is 12.5. The molecular formula is C15H13Cl2N3O4. The lowest BCUT2D eigenvalue weighted by atomic mass is 10.1. The first-order valence-electron chi connectivity index (χ1n) is 6.80. The lowest BCUT2D eigenvalue weighted by Crippen LogP contribution is -2.12. The zero-order chi connectivity index (χ0) is 17.9. The maximum Gasteiger partial charge on any atom is 0.311 e. The van der Waals surface area contributed by atoms with Gasteiger partial charge in [-0.2, -0.15) is 0 Å². The van der Waals surface area contributed by atoms with E-state index in [0.717, 1.165) is 6.07 Å². The fraction of sp³-hybridized carbons (Fsp3) is 0.133. The van der Waals surface area contributed by atoms with Crippen LogP contribution in [0.3, 0.4) is 0 Å². The highest BCUT2D eigenvalue weighted by Gasteiger charge is 2.19. The Balaban J connectivity index is 2.30. The highest BCUT2D eigenvalue weighted by Crippen LogP contribution is 2.32. The molecule has 0 bridgehead atoms. The molecule has 0 atom stereocenters. The van der Waals surface area contributed by atoms with Crippen LogP contribution in [0.2, 0.25) is 10.0 Å². The van der Waals surface area contributed by atoms with Crippen LogP contribution in [0.25, 0.3) is 0 Å². The van der Waals surface area contributed by atoms with Gasteiger partial charge in [-0.25, -0.2) is 0 Å². The zero-order valence-corrected chi connectivity index (χ0v) is 14.0. The minimum atomic E-state index is -0.612. The molecule has 0 saturated heterocycles. The number of anilines is 2. The average Bonchev–Trinajstić information content (AvgIpc) is 2.52. The van der Waals surface area contributed by atoms with Gasteiger partial charge in [0.2, 0.25) is 0 Å². The minimum absolute atomic E-state index is 0.0919. The van der Waals surface area contributed by atoms with Gasteiger partial charge in [0.25, 0.3) is 5.91 Å². The van der Waals surface area contributed by atoms with E-state index in [1.807, 2.05) is 0 Å². The number of hydrogen-bond donors (Lipinski definition) is 2. The minimum Gasteiger partial charge on any atom is -0.487 e. The number of halogens is 2. The van der Waals surface area contributed by atoms with Gasteiger partial charge in [0.1, 0.15) is 0 Å². The predicted molar refractivity (Wildman–Crippen MR) is 93.1 cm³/mol. The molecule has 126 valence electrons. The number of nitrogen functional groups attached to an aromatic ring is 1. The molecule has 0 fully saturated rings. The van der Waals surface area contributed by atoms with Gasteiger partial charge in [0, 0.05) is 17.3 Å². The first-order chi connectivity index (χ1) is 11.3. The summed E-state index contributed by atoms with van der Waals surface area (Å²) in [6, 6.07) is 6.81. The molecule has 7 nitrogen and oxygen atoms in total. The number of carbonyl (C=O) groups is 1. The van der Waals surface area contributed by atoms with Gasteiger partial charge in [-0.1, -0.05) is 23.2 Å². The van der Waals surface area contributed by atoms with Crippen molar-refractivity contribution in [3.05, 3.63) is 56.1 Å². The number of rotatable bonds is 5. The molecule has 2 aromatic rings. The maximum absolute atomic E-state index is 12.3. The van der Waals surface area contributed by atoms with Crippen molar-refractivity contribution in [2.45, 2.75) is 6.92 Å². The summed E-state index contributed by atoms with van der Waals surface area (Å²) in [6.07, 6.45) is 0. The summed E-state index contributed by atoms with van der Waals surface area (Å²) in [4.78, 5) is 22.8. The Morgan fingerprint density at radius 2 is 1.92 bits per heavy atom. The molecule has 0 saturated carbocycles. The van der Waals surface area contributed by atoms with Gasteiger partial charge in [0.05, 0.1) is 27.3 Å². The molecule has 0 spiro atoms. The average molecular weight is 370 g/mol. The quantitative estimate of drug-likeness (QED) is 0.467. The van der Waals surface area contributed by atoms with E-state index in [1.165, 1.54) is 24.3 Å². The Morgan fingerprint density at radius 1 is 1.29 bits per heavy atom. The molecule has 9 heteroatoms. The highest BCUT2D eigenvalue weighted by atomic mass is 35.5. The van der Waals surface area contributed by atoms with Crippen molar-refractivity contribution in [2.24, 2.45) is 0 Å². The van der Waals surface area contributed by atoms with Crippen LogP contribution in [-0.2, 0) is 0 Å². The number of nitrogens with zero attached hydrogens (tertiary/aromatic N) is 1. The number of amides is 1. The molecule has 0 aromatic heterocycles. The summed E-state index contributed by atoms with van der Waals surface area (Å²) in [5.74, 6) is -0.462. The topological polar surface area (TPSA) is 107 Å². The first kappa shape index (κ1) is 17.8. The van der Waals surface area contributed by atoms with Crippen LogP contribution in [0, 0.1) is 10.1 Å². The van der Waals surface area contributed by atoms with E-state index in [0.29, 0.717) is 5.69 Å². The molecule has 0 radical (unpaired) electrons. The SMILES string of the molecule is CCOc1ccc(C(=O)Nc2cc(Cl)c(N)c(Cl)c2)cc1[N+](=O)[O-]. The number of nitro groups is 1. The number of nitro benzene ring substituents is 1. The molecule has 0 aliphatic heterocycles. The molecule has 24 heavy (non-hydrogen) atoms. The van der Waals surface area contributed by atoms with E-state index >= 15 is 0 Å². The molecule has 3 N–H and O–H groups in total. The standard InChI is InChI=1S/C15H13Cl2N3O4/c1-2-24-13-4-3-8(5-12(13)20(22)23)15(21)19-9-6-10(16)14(18)11(17)7-9/h3-7H,2,18H2,1H3,(H,19,21). The van der Waals surface area contributed by atoms with Gasteiger partial charge in [-0.3, -0.25) is 14.9 Å². The Bertz CT molecular complexity index is 788. The summed E-state index contributed by atoms with van der Waals surface area (Å²) in [7, 11) is 0. The number of nitrogens with two attached hydrogens (primary N) is 1. The molecule has 0 unspecified atom stereocenters. The summed E-state index contributed by atoms with van der Waals surface area (Å²) < 4.78 is 5.17. The van der Waals surface area contributed by atoms with Crippen LogP contribution >= 0.6 is 23.2 Å². The Kier molecular flexibility index (Phi) is 5.48. The number of ether oxygens (including phenoxy) is 1. The number of hydrogen-bond acceptors (Lipinski definition) is 5. The first-order valence-corrected chi connectivity index (χ1v) is 7.56. The van der Waals surface area contributed by atoms with E-state index in [1.54, 1.807) is 6.92 Å². The van der Waals surface area contributed by atoms with Crippen molar-refractivity contribution in [3.8, 4) is 5.75 Å². The van der Waals surface area contributed by atoms with Crippen molar-refractivity contribution in [3.63, 3.8) is 0 Å². The maximum atomic E-state index is 12.3. The van der Waals surface area contributed by atoms with Crippen LogP contribution < -0.4 is 15.8 Å². The highest BCUT2D eigenvalue weighted by molar-refractivity contribution is 6.39. The van der Waals surface area contributed by atoms with Crippen molar-refractivity contribution < 1.29 is 14.5 Å². The fourth-order valence-electron chi connectivity index (χ4n) is 1.94. The van der Waals surface area contributed by atoms with Gasteiger partial charge in [-0.05, 0) is 31.2 Å². The smallest absolute Gasteiger partial charge is 0.311 e. The van der Waals surface area contributed by atoms with E-state index < -0.39 is 10.8 Å². The van der Waals surface area contributed by atoms with E-state index in [4.69, 9.17) is 33.7 Å². The van der Waals surface area contributed by atoms with Crippen LogP contribution in [0.1, 0.15) is 17.3 Å². The summed E-state index contributed by atoms with van der Waals surface area (Å²) >= 11 is 11.8.